The summed E-state index contributed by atoms with van der Waals surface area (Å²) < 4.78 is 5.33. The average molecular weight is 294 g/mol. The zero-order valence-electron chi connectivity index (χ0n) is 13.4. The van der Waals surface area contributed by atoms with E-state index in [0.29, 0.717) is 12.0 Å². The summed E-state index contributed by atoms with van der Waals surface area (Å²) in [5.41, 5.74) is 3.38. The predicted octanol–water partition coefficient (Wildman–Crippen LogP) is 4.79. The minimum atomic E-state index is -0.489. The van der Waals surface area contributed by atoms with E-state index in [1.165, 1.54) is 5.56 Å². The van der Waals surface area contributed by atoms with Crippen LogP contribution < -0.4 is 0 Å². The summed E-state index contributed by atoms with van der Waals surface area (Å²) in [7, 11) is 0. The van der Waals surface area contributed by atoms with Gasteiger partial charge in [0.15, 0.2) is 0 Å². The van der Waals surface area contributed by atoms with Gasteiger partial charge >= 0.3 is 5.97 Å². The molecule has 0 bridgehead atoms. The third kappa shape index (κ3) is 4.59. The van der Waals surface area contributed by atoms with Crippen LogP contribution in [0.1, 0.15) is 26.3 Å². The molecule has 0 aromatic heterocycles. The van der Waals surface area contributed by atoms with Gasteiger partial charge in [-0.1, -0.05) is 61.2 Å². The highest BCUT2D eigenvalue weighted by Gasteiger charge is 2.18. The Bertz CT molecular complexity index is 646. The van der Waals surface area contributed by atoms with Crippen molar-refractivity contribution in [3.8, 4) is 11.1 Å². The maximum atomic E-state index is 11.9. The van der Waals surface area contributed by atoms with Crippen molar-refractivity contribution < 1.29 is 9.53 Å². The molecule has 114 valence electrons. The zero-order valence-corrected chi connectivity index (χ0v) is 13.4. The first-order valence-corrected chi connectivity index (χ1v) is 7.41. The van der Waals surface area contributed by atoms with Gasteiger partial charge < -0.3 is 4.74 Å². The number of carbonyl (C=O) groups excluding carboxylic acids is 1. The van der Waals surface area contributed by atoms with Gasteiger partial charge in [-0.25, -0.2) is 4.79 Å². The molecule has 2 aromatic rings. The summed E-state index contributed by atoms with van der Waals surface area (Å²) >= 11 is 0. The molecule has 2 heteroatoms. The number of benzene rings is 2. The SMILES string of the molecule is C=C(Cc1ccc(-c2ccccc2)cc1)C(=O)OC(C)(C)C. The van der Waals surface area contributed by atoms with Gasteiger partial charge in [-0.15, -0.1) is 0 Å². The van der Waals surface area contributed by atoms with Gasteiger partial charge in [0.1, 0.15) is 5.60 Å². The maximum absolute atomic E-state index is 11.9. The first kappa shape index (κ1) is 16.0. The standard InChI is InChI=1S/C20H22O2/c1-15(19(21)22-20(2,3)4)14-16-10-12-18(13-11-16)17-8-6-5-7-9-17/h5-13H,1,14H2,2-4H3. The molecule has 0 N–H and O–H groups in total. The quantitative estimate of drug-likeness (QED) is 0.598. The third-order valence-corrected chi connectivity index (χ3v) is 3.17. The lowest BCUT2D eigenvalue weighted by atomic mass is 10.0. The monoisotopic (exact) mass is 294 g/mol. The minimum Gasteiger partial charge on any atom is -0.457 e. The predicted molar refractivity (Wildman–Crippen MR) is 90.6 cm³/mol. The Balaban J connectivity index is 2.03. The second kappa shape index (κ2) is 6.61. The Hall–Kier alpha value is -2.35. The van der Waals surface area contributed by atoms with E-state index >= 15 is 0 Å². The van der Waals surface area contributed by atoms with Crippen molar-refractivity contribution in [2.45, 2.75) is 32.8 Å². The largest absolute Gasteiger partial charge is 0.457 e. The lowest BCUT2D eigenvalue weighted by molar-refractivity contribution is -0.149. The first-order chi connectivity index (χ1) is 10.3. The van der Waals surface area contributed by atoms with Crippen LogP contribution >= 0.6 is 0 Å². The molecule has 0 heterocycles. The molecule has 22 heavy (non-hydrogen) atoms. The average Bonchev–Trinajstić information content (AvgIpc) is 2.47. The number of rotatable bonds is 4. The summed E-state index contributed by atoms with van der Waals surface area (Å²) in [6.07, 6.45) is 0.504. The Kier molecular flexibility index (Phi) is 4.81. The van der Waals surface area contributed by atoms with E-state index in [0.717, 1.165) is 11.1 Å². The van der Waals surface area contributed by atoms with Crippen molar-refractivity contribution in [2.75, 3.05) is 0 Å². The van der Waals surface area contributed by atoms with E-state index in [1.807, 2.05) is 51.1 Å². The van der Waals surface area contributed by atoms with Crippen LogP contribution in [0.2, 0.25) is 0 Å². The highest BCUT2D eigenvalue weighted by molar-refractivity contribution is 5.88. The topological polar surface area (TPSA) is 26.3 Å². The number of ether oxygens (including phenoxy) is 1. The van der Waals surface area contributed by atoms with Crippen LogP contribution in [-0.2, 0) is 16.0 Å². The summed E-state index contributed by atoms with van der Waals surface area (Å²) in [5.74, 6) is -0.334. The van der Waals surface area contributed by atoms with E-state index in [-0.39, 0.29) is 5.97 Å². The maximum Gasteiger partial charge on any atom is 0.334 e. The molecule has 0 amide bonds. The van der Waals surface area contributed by atoms with Gasteiger partial charge in [0, 0.05) is 12.0 Å². The summed E-state index contributed by atoms with van der Waals surface area (Å²) in [6, 6.07) is 18.4. The fraction of sp³-hybridized carbons (Fsp3) is 0.250. The second-order valence-corrected chi connectivity index (χ2v) is 6.35. The molecule has 0 aliphatic heterocycles. The molecule has 2 nitrogen and oxygen atoms in total. The molecule has 0 spiro atoms. The molecule has 0 aliphatic carbocycles. The normalized spacial score (nSPS) is 11.0. The van der Waals surface area contributed by atoms with Gasteiger partial charge in [0.25, 0.3) is 0 Å². The van der Waals surface area contributed by atoms with Crippen LogP contribution in [0.3, 0.4) is 0 Å². The van der Waals surface area contributed by atoms with Crippen molar-refractivity contribution in [1.82, 2.24) is 0 Å². The summed E-state index contributed by atoms with van der Waals surface area (Å²) in [5, 5.41) is 0. The molecule has 2 rings (SSSR count). The summed E-state index contributed by atoms with van der Waals surface area (Å²) in [6.45, 7) is 9.40. The molecule has 0 fully saturated rings. The van der Waals surface area contributed by atoms with Crippen molar-refractivity contribution in [3.05, 3.63) is 72.3 Å². The molecule has 0 saturated heterocycles. The smallest absolute Gasteiger partial charge is 0.334 e. The van der Waals surface area contributed by atoms with E-state index in [9.17, 15) is 4.79 Å². The number of esters is 1. The van der Waals surface area contributed by atoms with Crippen LogP contribution in [0.25, 0.3) is 11.1 Å². The Morgan fingerprint density at radius 2 is 1.50 bits per heavy atom. The molecular formula is C20H22O2. The van der Waals surface area contributed by atoms with Crippen molar-refractivity contribution >= 4 is 5.97 Å². The molecule has 0 radical (unpaired) electrons. The molecule has 0 aliphatic rings. The summed E-state index contributed by atoms with van der Waals surface area (Å²) in [4.78, 5) is 11.9. The van der Waals surface area contributed by atoms with Gasteiger partial charge in [0.05, 0.1) is 0 Å². The molecule has 0 unspecified atom stereocenters. The van der Waals surface area contributed by atoms with Gasteiger partial charge in [0.2, 0.25) is 0 Å². The van der Waals surface area contributed by atoms with Crippen LogP contribution in [0.15, 0.2) is 66.7 Å². The van der Waals surface area contributed by atoms with Crippen molar-refractivity contribution in [3.63, 3.8) is 0 Å². The Morgan fingerprint density at radius 3 is 2.05 bits per heavy atom. The van der Waals surface area contributed by atoms with Crippen molar-refractivity contribution in [1.29, 1.82) is 0 Å². The van der Waals surface area contributed by atoms with E-state index < -0.39 is 5.60 Å². The number of hydrogen-bond acceptors (Lipinski definition) is 2. The molecule has 2 aromatic carbocycles. The highest BCUT2D eigenvalue weighted by atomic mass is 16.6. The third-order valence-electron chi connectivity index (χ3n) is 3.17. The molecule has 0 saturated carbocycles. The highest BCUT2D eigenvalue weighted by Crippen LogP contribution is 2.20. The lowest BCUT2D eigenvalue weighted by Gasteiger charge is -2.20. The fourth-order valence-electron chi connectivity index (χ4n) is 2.11. The van der Waals surface area contributed by atoms with Gasteiger partial charge in [-0.05, 0) is 37.5 Å². The van der Waals surface area contributed by atoms with Crippen molar-refractivity contribution in [2.24, 2.45) is 0 Å². The Morgan fingerprint density at radius 1 is 0.955 bits per heavy atom. The number of carbonyl (C=O) groups is 1. The second-order valence-electron chi connectivity index (χ2n) is 6.35. The molecule has 0 atom stereocenters. The van der Waals surface area contributed by atoms with Crippen LogP contribution in [-0.4, -0.2) is 11.6 Å². The fourth-order valence-corrected chi connectivity index (χ4v) is 2.11. The first-order valence-electron chi connectivity index (χ1n) is 7.41. The number of hydrogen-bond donors (Lipinski definition) is 0. The zero-order chi connectivity index (χ0) is 16.2. The lowest BCUT2D eigenvalue weighted by Crippen LogP contribution is -2.25. The minimum absolute atomic E-state index is 0.334. The van der Waals surface area contributed by atoms with E-state index in [2.05, 4.69) is 30.8 Å². The van der Waals surface area contributed by atoms with Crippen LogP contribution in [0, 0.1) is 0 Å². The van der Waals surface area contributed by atoms with Crippen LogP contribution in [0.5, 0.6) is 0 Å². The van der Waals surface area contributed by atoms with E-state index in [4.69, 9.17) is 4.74 Å². The van der Waals surface area contributed by atoms with E-state index in [1.54, 1.807) is 0 Å². The Labute approximate surface area is 132 Å². The van der Waals surface area contributed by atoms with Crippen LogP contribution in [0.4, 0.5) is 0 Å². The van der Waals surface area contributed by atoms with Gasteiger partial charge in [-0.3, -0.25) is 0 Å². The van der Waals surface area contributed by atoms with Gasteiger partial charge in [-0.2, -0.15) is 0 Å². The molecular weight excluding hydrogens is 272 g/mol.